The fourth-order valence-corrected chi connectivity index (χ4v) is 5.29. The van der Waals surface area contributed by atoms with Crippen LogP contribution in [0.4, 0.5) is 5.69 Å². The Balaban J connectivity index is 1.53. The molecule has 1 aliphatic carbocycles. The summed E-state index contributed by atoms with van der Waals surface area (Å²) in [5.74, 6) is 0.499. The largest absolute Gasteiger partial charge is 0.326 e. The highest BCUT2D eigenvalue weighted by Gasteiger charge is 2.28. The molecule has 0 spiro atoms. The van der Waals surface area contributed by atoms with Crippen molar-refractivity contribution in [2.24, 2.45) is 0 Å². The maximum Gasteiger partial charge on any atom is 0.263 e. The monoisotopic (exact) mass is 453 g/mol. The number of benzene rings is 1. The summed E-state index contributed by atoms with van der Waals surface area (Å²) in [6.45, 7) is 5.90. The number of rotatable bonds is 9. The normalized spacial score (nSPS) is 13.3. The lowest BCUT2D eigenvalue weighted by Crippen LogP contribution is -2.23. The van der Waals surface area contributed by atoms with Gasteiger partial charge in [0.15, 0.2) is 10.9 Å². The summed E-state index contributed by atoms with van der Waals surface area (Å²) >= 11 is 2.76. The molecule has 1 amide bonds. The first-order chi connectivity index (χ1) is 15.0. The highest BCUT2D eigenvalue weighted by atomic mass is 32.2. The van der Waals surface area contributed by atoms with E-state index in [0.717, 1.165) is 28.6 Å². The SMILES string of the molecule is C=CCn1c(SCC(=O)c2ccc(NC(=O)CC)cc2)nc2scc(C3CC3)c2c1=O. The molecule has 0 aliphatic heterocycles. The molecule has 4 rings (SSSR count). The topological polar surface area (TPSA) is 81.1 Å². The second-order valence-electron chi connectivity index (χ2n) is 7.44. The van der Waals surface area contributed by atoms with E-state index < -0.39 is 0 Å². The second kappa shape index (κ2) is 9.20. The van der Waals surface area contributed by atoms with Crippen LogP contribution in [0.5, 0.6) is 0 Å². The third-order valence-corrected chi connectivity index (χ3v) is 7.03. The molecule has 6 nitrogen and oxygen atoms in total. The number of thiophene rings is 1. The second-order valence-corrected chi connectivity index (χ2v) is 9.24. The first-order valence-electron chi connectivity index (χ1n) is 10.2. The zero-order valence-corrected chi connectivity index (χ0v) is 18.9. The maximum absolute atomic E-state index is 13.2. The molecule has 1 aliphatic rings. The van der Waals surface area contributed by atoms with Gasteiger partial charge < -0.3 is 5.32 Å². The van der Waals surface area contributed by atoms with Gasteiger partial charge in [0.25, 0.3) is 5.56 Å². The minimum atomic E-state index is -0.0743. The molecule has 1 saturated carbocycles. The molecule has 0 unspecified atom stereocenters. The Morgan fingerprint density at radius 3 is 2.71 bits per heavy atom. The van der Waals surface area contributed by atoms with Crippen molar-refractivity contribution in [3.63, 3.8) is 0 Å². The summed E-state index contributed by atoms with van der Waals surface area (Å²) in [5, 5.41) is 6.06. The standard InChI is InChI=1S/C23H23N3O3S2/c1-3-11-26-22(29)20-17(14-5-6-14)12-30-21(20)25-23(26)31-13-18(27)15-7-9-16(10-8-15)24-19(28)4-2/h3,7-10,12,14H,1,4-6,11,13H2,2H3,(H,24,28). The van der Waals surface area contributed by atoms with E-state index >= 15 is 0 Å². The highest BCUT2D eigenvalue weighted by Crippen LogP contribution is 2.44. The lowest BCUT2D eigenvalue weighted by Gasteiger charge is -2.10. The van der Waals surface area contributed by atoms with E-state index in [0.29, 0.717) is 35.3 Å². The van der Waals surface area contributed by atoms with Crippen LogP contribution in [0.3, 0.4) is 0 Å². The van der Waals surface area contributed by atoms with Crippen LogP contribution in [-0.4, -0.2) is 27.0 Å². The first kappa shape index (κ1) is 21.5. The Morgan fingerprint density at radius 2 is 2.06 bits per heavy atom. The molecule has 8 heteroatoms. The van der Waals surface area contributed by atoms with Crippen molar-refractivity contribution in [1.29, 1.82) is 0 Å². The average Bonchev–Trinajstić information content (AvgIpc) is 3.53. The number of fused-ring (bicyclic) bond motifs is 1. The zero-order chi connectivity index (χ0) is 22.0. The van der Waals surface area contributed by atoms with Crippen LogP contribution < -0.4 is 10.9 Å². The molecular formula is C23H23N3O3S2. The van der Waals surface area contributed by atoms with Crippen LogP contribution >= 0.6 is 23.1 Å². The maximum atomic E-state index is 13.2. The molecule has 160 valence electrons. The van der Waals surface area contributed by atoms with E-state index in [2.05, 4.69) is 11.9 Å². The quantitative estimate of drug-likeness (QED) is 0.217. The summed E-state index contributed by atoms with van der Waals surface area (Å²) in [6.07, 6.45) is 4.32. The van der Waals surface area contributed by atoms with Crippen LogP contribution in [0, 0.1) is 0 Å². The highest BCUT2D eigenvalue weighted by molar-refractivity contribution is 7.99. The number of hydrogen-bond acceptors (Lipinski definition) is 6. The van der Waals surface area contributed by atoms with E-state index in [9.17, 15) is 14.4 Å². The van der Waals surface area contributed by atoms with Crippen LogP contribution in [0.25, 0.3) is 10.2 Å². The molecule has 0 saturated heterocycles. The third kappa shape index (κ3) is 4.65. The summed E-state index contributed by atoms with van der Waals surface area (Å²) in [6, 6.07) is 6.83. The number of anilines is 1. The van der Waals surface area contributed by atoms with Gasteiger partial charge in [-0.15, -0.1) is 17.9 Å². The number of Topliss-reactive ketones (excluding diaryl/α,β-unsaturated/α-hetero) is 1. The molecule has 1 fully saturated rings. The molecule has 0 bridgehead atoms. The Morgan fingerprint density at radius 1 is 1.32 bits per heavy atom. The third-order valence-electron chi connectivity index (χ3n) is 5.16. The zero-order valence-electron chi connectivity index (χ0n) is 17.2. The van der Waals surface area contributed by atoms with E-state index in [1.165, 1.54) is 23.1 Å². The number of hydrogen-bond donors (Lipinski definition) is 1. The number of allylic oxidation sites excluding steroid dienone is 1. The minimum absolute atomic E-state index is 0.0565. The van der Waals surface area contributed by atoms with E-state index in [1.807, 2.05) is 5.38 Å². The number of amides is 1. The van der Waals surface area contributed by atoms with Gasteiger partial charge in [0.1, 0.15) is 4.83 Å². The van der Waals surface area contributed by atoms with Crippen molar-refractivity contribution >= 4 is 50.7 Å². The van der Waals surface area contributed by atoms with Crippen molar-refractivity contribution in [1.82, 2.24) is 9.55 Å². The van der Waals surface area contributed by atoms with Crippen molar-refractivity contribution in [2.45, 2.75) is 43.8 Å². The van der Waals surface area contributed by atoms with Crippen molar-refractivity contribution in [3.05, 3.63) is 63.8 Å². The molecule has 0 atom stereocenters. The van der Waals surface area contributed by atoms with E-state index in [4.69, 9.17) is 4.98 Å². The molecule has 3 aromatic rings. The summed E-state index contributed by atoms with van der Waals surface area (Å²) < 4.78 is 1.61. The summed E-state index contributed by atoms with van der Waals surface area (Å²) in [5.41, 5.74) is 2.26. The van der Waals surface area contributed by atoms with Gasteiger partial charge in [0.2, 0.25) is 5.91 Å². The van der Waals surface area contributed by atoms with Crippen LogP contribution in [0.2, 0.25) is 0 Å². The number of thioether (sulfide) groups is 1. The van der Waals surface area contributed by atoms with Gasteiger partial charge >= 0.3 is 0 Å². The molecule has 1 N–H and O–H groups in total. The van der Waals surface area contributed by atoms with Gasteiger partial charge in [-0.05, 0) is 54.0 Å². The fraction of sp³-hybridized carbons (Fsp3) is 0.304. The fourth-order valence-electron chi connectivity index (χ4n) is 3.32. The number of ketones is 1. The van der Waals surface area contributed by atoms with Gasteiger partial charge in [0, 0.05) is 24.2 Å². The summed E-state index contributed by atoms with van der Waals surface area (Å²) in [7, 11) is 0. The first-order valence-corrected chi connectivity index (χ1v) is 12.1. The predicted octanol–water partition coefficient (Wildman–Crippen LogP) is 4.84. The van der Waals surface area contributed by atoms with Crippen LogP contribution in [-0.2, 0) is 11.3 Å². The Kier molecular flexibility index (Phi) is 6.38. The number of nitrogens with zero attached hydrogens (tertiary/aromatic N) is 2. The number of carbonyl (C=O) groups is 2. The van der Waals surface area contributed by atoms with Gasteiger partial charge in [-0.2, -0.15) is 0 Å². The average molecular weight is 454 g/mol. The Labute approximate surface area is 188 Å². The smallest absolute Gasteiger partial charge is 0.263 e. The number of aromatic nitrogens is 2. The molecule has 31 heavy (non-hydrogen) atoms. The van der Waals surface area contributed by atoms with Gasteiger partial charge in [0.05, 0.1) is 11.1 Å². The lowest BCUT2D eigenvalue weighted by atomic mass is 10.1. The minimum Gasteiger partial charge on any atom is -0.326 e. The van der Waals surface area contributed by atoms with Crippen LogP contribution in [0.15, 0.2) is 52.3 Å². The molecule has 2 heterocycles. The predicted molar refractivity (Wildman–Crippen MR) is 126 cm³/mol. The Hall–Kier alpha value is -2.71. The van der Waals surface area contributed by atoms with E-state index in [-0.39, 0.29) is 23.0 Å². The van der Waals surface area contributed by atoms with Crippen molar-refractivity contribution in [3.8, 4) is 0 Å². The molecular weight excluding hydrogens is 430 g/mol. The van der Waals surface area contributed by atoms with E-state index in [1.54, 1.807) is 41.8 Å². The Bertz CT molecular complexity index is 1210. The van der Waals surface area contributed by atoms with Gasteiger partial charge in [-0.1, -0.05) is 24.8 Å². The van der Waals surface area contributed by atoms with Gasteiger partial charge in [-0.3, -0.25) is 19.0 Å². The molecule has 2 aromatic heterocycles. The lowest BCUT2D eigenvalue weighted by molar-refractivity contribution is -0.115. The van der Waals surface area contributed by atoms with Crippen molar-refractivity contribution in [2.75, 3.05) is 11.1 Å². The van der Waals surface area contributed by atoms with Crippen LogP contribution in [0.1, 0.15) is 48.0 Å². The number of carbonyl (C=O) groups excluding carboxylic acids is 2. The molecule has 0 radical (unpaired) electrons. The number of nitrogens with one attached hydrogen (secondary N) is 1. The molecule has 1 aromatic carbocycles. The van der Waals surface area contributed by atoms with Crippen molar-refractivity contribution < 1.29 is 9.59 Å². The summed E-state index contributed by atoms with van der Waals surface area (Å²) in [4.78, 5) is 42.8. The van der Waals surface area contributed by atoms with Gasteiger partial charge in [-0.25, -0.2) is 4.98 Å².